The maximum Gasteiger partial charge on any atom is 0.332 e. The fourth-order valence-corrected chi connectivity index (χ4v) is 1.91. The van der Waals surface area contributed by atoms with Gasteiger partial charge in [0, 0.05) is 11.2 Å². The summed E-state index contributed by atoms with van der Waals surface area (Å²) in [5, 5.41) is 9.44. The Bertz CT molecular complexity index is 618. The predicted molar refractivity (Wildman–Crippen MR) is 68.4 cm³/mol. The number of nitrogens with zero attached hydrogens (tertiary/aromatic N) is 1. The van der Waals surface area contributed by atoms with Gasteiger partial charge in [-0.25, -0.2) is 10.3 Å². The van der Waals surface area contributed by atoms with E-state index in [9.17, 15) is 9.59 Å². The van der Waals surface area contributed by atoms with Crippen LogP contribution in [0.1, 0.15) is 5.69 Å². The van der Waals surface area contributed by atoms with Crippen LogP contribution in [0.5, 0.6) is 0 Å². The number of carboxylic acid groups (broad SMARTS) is 1. The van der Waals surface area contributed by atoms with Gasteiger partial charge in [-0.05, 0) is 24.4 Å². The van der Waals surface area contributed by atoms with Crippen LogP contribution in [-0.2, 0) is 21.0 Å². The number of amides is 1. The number of fused-ring (bicyclic) bond motifs is 1. The second-order valence-electron chi connectivity index (χ2n) is 4.14. The summed E-state index contributed by atoms with van der Waals surface area (Å²) in [6.45, 7) is 1.43. The van der Waals surface area contributed by atoms with Crippen LogP contribution in [-0.4, -0.2) is 28.2 Å². The lowest BCUT2D eigenvalue weighted by atomic mass is 10.2. The van der Waals surface area contributed by atoms with E-state index in [2.05, 4.69) is 10.3 Å². The first-order valence-electron chi connectivity index (χ1n) is 5.75. The molecule has 19 heavy (non-hydrogen) atoms. The number of hydroxylamine groups is 1. The van der Waals surface area contributed by atoms with E-state index in [4.69, 9.17) is 5.11 Å². The molecular formula is C13H14N2O4. The van der Waals surface area contributed by atoms with Crippen LogP contribution in [0.2, 0.25) is 0 Å². The number of aromatic nitrogens is 1. The molecule has 1 aromatic heterocycles. The molecule has 0 bridgehead atoms. The highest BCUT2D eigenvalue weighted by atomic mass is 16.7. The maximum absolute atomic E-state index is 11.6. The Morgan fingerprint density at radius 1 is 1.37 bits per heavy atom. The van der Waals surface area contributed by atoms with Crippen molar-refractivity contribution in [3.63, 3.8) is 0 Å². The van der Waals surface area contributed by atoms with E-state index in [1.54, 1.807) is 0 Å². The van der Waals surface area contributed by atoms with Gasteiger partial charge in [0.15, 0.2) is 6.61 Å². The summed E-state index contributed by atoms with van der Waals surface area (Å²) in [6, 6.07) is 9.71. The van der Waals surface area contributed by atoms with Crippen molar-refractivity contribution in [3.05, 3.63) is 36.0 Å². The number of para-hydroxylation sites is 1. The van der Waals surface area contributed by atoms with Crippen molar-refractivity contribution in [2.45, 2.75) is 13.5 Å². The molecule has 1 amide bonds. The molecule has 0 spiro atoms. The summed E-state index contributed by atoms with van der Waals surface area (Å²) in [7, 11) is 0. The summed E-state index contributed by atoms with van der Waals surface area (Å²) in [4.78, 5) is 26.4. The molecule has 1 aromatic carbocycles. The van der Waals surface area contributed by atoms with Gasteiger partial charge in [0.25, 0.3) is 5.91 Å². The Morgan fingerprint density at radius 3 is 2.84 bits per heavy atom. The van der Waals surface area contributed by atoms with Crippen molar-refractivity contribution >= 4 is 22.8 Å². The lowest BCUT2D eigenvalue weighted by Crippen LogP contribution is -2.30. The molecule has 0 atom stereocenters. The number of carbonyl (C=O) groups is 2. The van der Waals surface area contributed by atoms with Crippen LogP contribution in [0, 0.1) is 6.92 Å². The third kappa shape index (κ3) is 3.11. The van der Waals surface area contributed by atoms with Gasteiger partial charge >= 0.3 is 5.97 Å². The van der Waals surface area contributed by atoms with Crippen molar-refractivity contribution in [3.8, 4) is 0 Å². The van der Waals surface area contributed by atoms with Crippen LogP contribution >= 0.6 is 0 Å². The van der Waals surface area contributed by atoms with E-state index in [-0.39, 0.29) is 6.54 Å². The lowest BCUT2D eigenvalue weighted by Gasteiger charge is -2.08. The molecule has 1 heterocycles. The maximum atomic E-state index is 11.6. The number of aryl methyl sites for hydroxylation is 1. The van der Waals surface area contributed by atoms with Gasteiger partial charge < -0.3 is 9.67 Å². The van der Waals surface area contributed by atoms with Crippen LogP contribution in [0.15, 0.2) is 30.3 Å². The third-order valence-electron chi connectivity index (χ3n) is 2.70. The van der Waals surface area contributed by atoms with Crippen molar-refractivity contribution in [1.29, 1.82) is 0 Å². The molecule has 6 heteroatoms. The number of carboxylic acids is 1. The van der Waals surface area contributed by atoms with Crippen molar-refractivity contribution in [1.82, 2.24) is 10.0 Å². The molecule has 0 unspecified atom stereocenters. The fourth-order valence-electron chi connectivity index (χ4n) is 1.91. The van der Waals surface area contributed by atoms with Crippen molar-refractivity contribution in [2.75, 3.05) is 6.61 Å². The summed E-state index contributed by atoms with van der Waals surface area (Å²) >= 11 is 0. The largest absolute Gasteiger partial charge is 0.479 e. The number of nitrogens with one attached hydrogen (secondary N) is 1. The number of hydrogen-bond donors (Lipinski definition) is 2. The molecule has 2 rings (SSSR count). The minimum atomic E-state index is -1.14. The normalized spacial score (nSPS) is 10.6. The molecule has 0 saturated carbocycles. The van der Waals surface area contributed by atoms with E-state index in [1.165, 1.54) is 0 Å². The van der Waals surface area contributed by atoms with Crippen molar-refractivity contribution in [2.24, 2.45) is 0 Å². The zero-order valence-corrected chi connectivity index (χ0v) is 10.4. The highest BCUT2D eigenvalue weighted by molar-refractivity contribution is 5.84. The topological polar surface area (TPSA) is 80.6 Å². The molecular weight excluding hydrogens is 248 g/mol. The molecule has 0 aliphatic carbocycles. The number of benzene rings is 1. The zero-order valence-electron chi connectivity index (χ0n) is 10.4. The predicted octanol–water partition coefficient (Wildman–Crippen LogP) is 1.08. The van der Waals surface area contributed by atoms with E-state index in [1.807, 2.05) is 41.8 Å². The quantitative estimate of drug-likeness (QED) is 0.790. The molecule has 6 nitrogen and oxygen atoms in total. The van der Waals surface area contributed by atoms with Crippen LogP contribution < -0.4 is 5.48 Å². The third-order valence-corrected chi connectivity index (χ3v) is 2.70. The van der Waals surface area contributed by atoms with Gasteiger partial charge in [-0.15, -0.1) is 0 Å². The molecule has 0 aliphatic heterocycles. The molecule has 100 valence electrons. The highest BCUT2D eigenvalue weighted by Crippen LogP contribution is 2.18. The summed E-state index contributed by atoms with van der Waals surface area (Å²) in [5.74, 6) is -1.53. The minimum Gasteiger partial charge on any atom is -0.479 e. The van der Waals surface area contributed by atoms with Gasteiger partial charge in [-0.2, -0.15) is 0 Å². The lowest BCUT2D eigenvalue weighted by molar-refractivity contribution is -0.149. The minimum absolute atomic E-state index is 0.0823. The number of hydrogen-bond acceptors (Lipinski definition) is 3. The summed E-state index contributed by atoms with van der Waals surface area (Å²) in [5.41, 5.74) is 4.01. The molecule has 0 fully saturated rings. The van der Waals surface area contributed by atoms with Crippen LogP contribution in [0.4, 0.5) is 0 Å². The SMILES string of the molecule is Cc1cc2ccccc2n1CC(=O)NOCC(=O)O. The smallest absolute Gasteiger partial charge is 0.332 e. The van der Waals surface area contributed by atoms with Gasteiger partial charge in [0.05, 0.1) is 0 Å². The Kier molecular flexibility index (Phi) is 3.82. The molecule has 2 aromatic rings. The number of rotatable bonds is 5. The Hall–Kier alpha value is -2.34. The Balaban J connectivity index is 2.06. The molecule has 2 N–H and O–H groups in total. The number of aliphatic carboxylic acids is 1. The Morgan fingerprint density at radius 2 is 2.11 bits per heavy atom. The first-order chi connectivity index (χ1) is 9.08. The van der Waals surface area contributed by atoms with Crippen LogP contribution in [0.25, 0.3) is 10.9 Å². The monoisotopic (exact) mass is 262 g/mol. The van der Waals surface area contributed by atoms with E-state index in [0.717, 1.165) is 16.6 Å². The summed E-state index contributed by atoms with van der Waals surface area (Å²) in [6.07, 6.45) is 0. The first kappa shape index (κ1) is 13.1. The average Bonchev–Trinajstić information content (AvgIpc) is 2.66. The van der Waals surface area contributed by atoms with Gasteiger partial charge in [-0.3, -0.25) is 9.63 Å². The van der Waals surface area contributed by atoms with E-state index < -0.39 is 18.5 Å². The molecule has 0 aliphatic rings. The second-order valence-corrected chi connectivity index (χ2v) is 4.14. The van der Waals surface area contributed by atoms with Gasteiger partial charge in [0.1, 0.15) is 6.54 Å². The fraction of sp³-hybridized carbons (Fsp3) is 0.231. The second kappa shape index (κ2) is 5.53. The average molecular weight is 262 g/mol. The van der Waals surface area contributed by atoms with Gasteiger partial charge in [0.2, 0.25) is 0 Å². The zero-order chi connectivity index (χ0) is 13.8. The standard InChI is InChI=1S/C13H14N2O4/c1-9-6-10-4-2-3-5-11(10)15(9)7-12(16)14-19-8-13(17)18/h2-6H,7-8H2,1H3,(H,14,16)(H,17,18). The molecule has 0 radical (unpaired) electrons. The van der Waals surface area contributed by atoms with Crippen molar-refractivity contribution < 1.29 is 19.5 Å². The summed E-state index contributed by atoms with van der Waals surface area (Å²) < 4.78 is 1.84. The molecule has 0 saturated heterocycles. The highest BCUT2D eigenvalue weighted by Gasteiger charge is 2.09. The first-order valence-corrected chi connectivity index (χ1v) is 5.75. The van der Waals surface area contributed by atoms with E-state index in [0.29, 0.717) is 0 Å². The van der Waals surface area contributed by atoms with Gasteiger partial charge in [-0.1, -0.05) is 18.2 Å². The van der Waals surface area contributed by atoms with Crippen LogP contribution in [0.3, 0.4) is 0 Å². The number of carbonyl (C=O) groups excluding carboxylic acids is 1. The Labute approximate surface area is 109 Å². The van der Waals surface area contributed by atoms with E-state index >= 15 is 0 Å².